The molecule has 134 valence electrons. The largest absolute Gasteiger partial charge is 0.480 e. The van der Waals surface area contributed by atoms with E-state index in [2.05, 4.69) is 16.9 Å². The first-order valence-corrected chi connectivity index (χ1v) is 8.65. The molecular formula is C17H27N3O4. The van der Waals surface area contributed by atoms with Crippen LogP contribution in [0.25, 0.3) is 0 Å². The minimum atomic E-state index is -0.906. The minimum absolute atomic E-state index is 0.00131. The Balaban J connectivity index is 1.63. The summed E-state index contributed by atoms with van der Waals surface area (Å²) in [5.41, 5.74) is 1.06. The summed E-state index contributed by atoms with van der Waals surface area (Å²) in [6, 6.07) is 2.30. The molecule has 0 unspecified atom stereocenters. The lowest BCUT2D eigenvalue weighted by Crippen LogP contribution is -2.52. The van der Waals surface area contributed by atoms with E-state index in [0.29, 0.717) is 0 Å². The van der Waals surface area contributed by atoms with Gasteiger partial charge in [0.2, 0.25) is 0 Å². The number of nitrogens with zero attached hydrogens (tertiary/aromatic N) is 3. The molecule has 0 bridgehead atoms. The van der Waals surface area contributed by atoms with Crippen LogP contribution in [0.5, 0.6) is 0 Å². The van der Waals surface area contributed by atoms with Gasteiger partial charge in [-0.25, -0.2) is 4.79 Å². The Kier molecular flexibility index (Phi) is 5.22. The van der Waals surface area contributed by atoms with Gasteiger partial charge in [0.15, 0.2) is 0 Å². The molecule has 0 amide bonds. The van der Waals surface area contributed by atoms with E-state index in [-0.39, 0.29) is 24.4 Å². The van der Waals surface area contributed by atoms with E-state index in [9.17, 15) is 4.79 Å². The Hall–Kier alpha value is -1.44. The number of carboxylic acids is 1. The lowest BCUT2D eigenvalue weighted by molar-refractivity contribution is -0.148. The monoisotopic (exact) mass is 337 g/mol. The molecule has 1 aromatic heterocycles. The van der Waals surface area contributed by atoms with Crippen LogP contribution in [0.15, 0.2) is 12.3 Å². The Labute approximate surface area is 142 Å². The van der Waals surface area contributed by atoms with E-state index in [1.807, 2.05) is 16.9 Å². The Morgan fingerprint density at radius 1 is 1.46 bits per heavy atom. The molecule has 0 aromatic carbocycles. The number of hydrogen-bond acceptors (Lipinski definition) is 5. The summed E-state index contributed by atoms with van der Waals surface area (Å²) in [6.07, 6.45) is 5.48. The van der Waals surface area contributed by atoms with Gasteiger partial charge in [0, 0.05) is 38.1 Å². The summed E-state index contributed by atoms with van der Waals surface area (Å²) < 4.78 is 13.5. The lowest BCUT2D eigenvalue weighted by atomic mass is 9.79. The van der Waals surface area contributed by atoms with E-state index >= 15 is 0 Å². The second-order valence-corrected chi connectivity index (χ2v) is 6.87. The van der Waals surface area contributed by atoms with Gasteiger partial charge < -0.3 is 14.6 Å². The number of aryl methyl sites for hydroxylation is 1. The van der Waals surface area contributed by atoms with Crippen molar-refractivity contribution in [2.45, 2.75) is 56.9 Å². The number of aliphatic carboxylic acids is 1. The Bertz CT molecular complexity index is 576. The van der Waals surface area contributed by atoms with E-state index in [1.165, 1.54) is 5.69 Å². The van der Waals surface area contributed by atoms with E-state index in [0.717, 1.165) is 45.3 Å². The molecule has 7 heteroatoms. The van der Waals surface area contributed by atoms with Crippen LogP contribution < -0.4 is 0 Å². The highest BCUT2D eigenvalue weighted by Crippen LogP contribution is 2.43. The van der Waals surface area contributed by atoms with Gasteiger partial charge in [-0.3, -0.25) is 9.58 Å². The van der Waals surface area contributed by atoms with E-state index in [4.69, 9.17) is 14.6 Å². The maximum atomic E-state index is 10.7. The molecule has 2 aliphatic rings. The highest BCUT2D eigenvalue weighted by Gasteiger charge is 2.51. The van der Waals surface area contributed by atoms with Crippen molar-refractivity contribution in [2.75, 3.05) is 26.8 Å². The van der Waals surface area contributed by atoms with Gasteiger partial charge in [-0.05, 0) is 38.7 Å². The first-order valence-electron chi connectivity index (χ1n) is 8.65. The molecule has 2 fully saturated rings. The fourth-order valence-corrected chi connectivity index (χ4v) is 4.22. The summed E-state index contributed by atoms with van der Waals surface area (Å²) in [7, 11) is 1.80. The zero-order valence-electron chi connectivity index (χ0n) is 14.5. The second-order valence-electron chi connectivity index (χ2n) is 6.87. The van der Waals surface area contributed by atoms with Crippen LogP contribution in [0.3, 0.4) is 0 Å². The van der Waals surface area contributed by atoms with Crippen LogP contribution in [0.4, 0.5) is 0 Å². The fourth-order valence-electron chi connectivity index (χ4n) is 4.22. The van der Waals surface area contributed by atoms with Gasteiger partial charge in [0.1, 0.15) is 6.61 Å². The van der Waals surface area contributed by atoms with E-state index in [1.54, 1.807) is 7.11 Å². The molecule has 7 nitrogen and oxygen atoms in total. The van der Waals surface area contributed by atoms with Crippen LogP contribution in [-0.2, 0) is 20.8 Å². The molecule has 3 rings (SSSR count). The molecule has 1 saturated heterocycles. The third kappa shape index (κ3) is 3.48. The zero-order valence-corrected chi connectivity index (χ0v) is 14.5. The van der Waals surface area contributed by atoms with Crippen LogP contribution in [0, 0.1) is 6.92 Å². The van der Waals surface area contributed by atoms with Gasteiger partial charge in [-0.15, -0.1) is 0 Å². The quantitative estimate of drug-likeness (QED) is 0.808. The summed E-state index contributed by atoms with van der Waals surface area (Å²) in [6.45, 7) is 4.63. The molecule has 1 N–H and O–H groups in total. The number of rotatable bonds is 7. The van der Waals surface area contributed by atoms with Gasteiger partial charge in [-0.1, -0.05) is 0 Å². The molecular weight excluding hydrogens is 310 g/mol. The van der Waals surface area contributed by atoms with Crippen molar-refractivity contribution >= 4 is 5.97 Å². The highest BCUT2D eigenvalue weighted by molar-refractivity contribution is 5.68. The first-order chi connectivity index (χ1) is 11.5. The average Bonchev–Trinajstić information content (AvgIpc) is 3.14. The van der Waals surface area contributed by atoms with Crippen molar-refractivity contribution < 1.29 is 19.4 Å². The third-order valence-electron chi connectivity index (χ3n) is 5.62. The van der Waals surface area contributed by atoms with Gasteiger partial charge in [0.05, 0.1) is 18.2 Å². The number of likely N-dealkylation sites (tertiary alicyclic amines) is 1. The molecule has 2 heterocycles. The maximum absolute atomic E-state index is 10.7. The van der Waals surface area contributed by atoms with Crippen LogP contribution in [-0.4, -0.2) is 70.3 Å². The molecule has 1 saturated carbocycles. The van der Waals surface area contributed by atoms with Gasteiger partial charge >= 0.3 is 5.97 Å². The summed E-state index contributed by atoms with van der Waals surface area (Å²) in [5.74, 6) is -0.906. The predicted octanol–water partition coefficient (Wildman–Crippen LogP) is 1.30. The van der Waals surface area contributed by atoms with E-state index < -0.39 is 5.97 Å². The van der Waals surface area contributed by atoms with Crippen molar-refractivity contribution in [2.24, 2.45) is 0 Å². The first kappa shape index (κ1) is 17.4. The molecule has 1 aliphatic heterocycles. The van der Waals surface area contributed by atoms with Crippen molar-refractivity contribution in [3.05, 3.63) is 18.0 Å². The SMILES string of the molecule is CO[C@@]12CC[C@@H](OCC(=O)O)C[C@@H]1N(CCn1nccc1C)CC2. The fraction of sp³-hybridized carbons (Fsp3) is 0.765. The Morgan fingerprint density at radius 2 is 2.29 bits per heavy atom. The minimum Gasteiger partial charge on any atom is -0.480 e. The van der Waals surface area contributed by atoms with Crippen LogP contribution >= 0.6 is 0 Å². The molecule has 0 radical (unpaired) electrons. The lowest BCUT2D eigenvalue weighted by Gasteiger charge is -2.43. The zero-order chi connectivity index (χ0) is 17.2. The average molecular weight is 337 g/mol. The van der Waals surface area contributed by atoms with Crippen LogP contribution in [0.1, 0.15) is 31.4 Å². The van der Waals surface area contributed by atoms with Gasteiger partial charge in [0.25, 0.3) is 0 Å². The number of carbonyl (C=O) groups is 1. The van der Waals surface area contributed by atoms with Crippen molar-refractivity contribution in [1.29, 1.82) is 0 Å². The highest BCUT2D eigenvalue weighted by atomic mass is 16.5. The number of carboxylic acid groups (broad SMARTS) is 1. The van der Waals surface area contributed by atoms with Crippen molar-refractivity contribution in [3.8, 4) is 0 Å². The number of hydrogen-bond donors (Lipinski definition) is 1. The van der Waals surface area contributed by atoms with Gasteiger partial charge in [-0.2, -0.15) is 5.10 Å². The summed E-state index contributed by atoms with van der Waals surface area (Å²) >= 11 is 0. The number of aromatic nitrogens is 2. The normalized spacial score (nSPS) is 30.4. The molecule has 3 atom stereocenters. The molecule has 1 aliphatic carbocycles. The van der Waals surface area contributed by atoms with Crippen LogP contribution in [0.2, 0.25) is 0 Å². The second kappa shape index (κ2) is 7.21. The Morgan fingerprint density at radius 3 is 2.96 bits per heavy atom. The molecule has 0 spiro atoms. The molecule has 24 heavy (non-hydrogen) atoms. The van der Waals surface area contributed by atoms with Crippen molar-refractivity contribution in [1.82, 2.24) is 14.7 Å². The summed E-state index contributed by atoms with van der Waals surface area (Å²) in [4.78, 5) is 13.2. The number of methoxy groups -OCH3 is 1. The molecule has 1 aromatic rings. The summed E-state index contributed by atoms with van der Waals surface area (Å²) in [5, 5.41) is 13.2. The smallest absolute Gasteiger partial charge is 0.329 e. The topological polar surface area (TPSA) is 76.8 Å². The number of ether oxygens (including phenoxy) is 2. The maximum Gasteiger partial charge on any atom is 0.329 e. The third-order valence-corrected chi connectivity index (χ3v) is 5.62. The van der Waals surface area contributed by atoms with Crippen molar-refractivity contribution in [3.63, 3.8) is 0 Å². The number of fused-ring (bicyclic) bond motifs is 1. The predicted molar refractivity (Wildman–Crippen MR) is 87.9 cm³/mol. The standard InChI is InChI=1S/C17H27N3O4/c1-13-4-7-18-20(13)10-9-19-8-6-17(23-2)5-3-14(11-15(17)19)24-12-16(21)22/h4,7,14-15H,3,5-6,8-12H2,1-2H3,(H,21,22)/t14-,15+,17-/m1/s1.